The zero-order valence-electron chi connectivity index (χ0n) is 14.4. The molecule has 0 unspecified atom stereocenters. The van der Waals surface area contributed by atoms with E-state index < -0.39 is 5.82 Å². The number of benzene rings is 1. The molecule has 0 aliphatic heterocycles. The van der Waals surface area contributed by atoms with Crippen molar-refractivity contribution < 1.29 is 14.0 Å². The average Bonchev–Trinajstić information content (AvgIpc) is 3.07. The molecular weight excluding hydrogens is 395 g/mol. The van der Waals surface area contributed by atoms with Crippen LogP contribution in [0.5, 0.6) is 0 Å². The molecule has 140 valence electrons. The monoisotopic (exact) mass is 414 g/mol. The van der Waals surface area contributed by atoms with E-state index in [0.29, 0.717) is 33.2 Å². The second kappa shape index (κ2) is 10.5. The highest BCUT2D eigenvalue weighted by molar-refractivity contribution is 8.03. The molecule has 1 aromatic carbocycles. The van der Waals surface area contributed by atoms with Crippen molar-refractivity contribution in [1.82, 2.24) is 15.1 Å². The average molecular weight is 415 g/mol. The third-order valence-electron chi connectivity index (χ3n) is 3.26. The van der Waals surface area contributed by atoms with Crippen LogP contribution in [0.25, 0.3) is 0 Å². The van der Waals surface area contributed by atoms with E-state index in [4.69, 9.17) is 0 Å². The van der Waals surface area contributed by atoms with Gasteiger partial charge in [0.25, 0.3) is 0 Å². The molecule has 2 rings (SSSR count). The van der Waals surface area contributed by atoms with E-state index in [1.807, 2.05) is 13.8 Å². The van der Waals surface area contributed by atoms with E-state index in [0.717, 1.165) is 0 Å². The third kappa shape index (κ3) is 6.58. The van der Waals surface area contributed by atoms with E-state index >= 15 is 0 Å². The molecule has 0 radical (unpaired) electrons. The van der Waals surface area contributed by atoms with Crippen molar-refractivity contribution in [3.8, 4) is 0 Å². The summed E-state index contributed by atoms with van der Waals surface area (Å²) in [5.74, 6) is -0.115. The standard InChI is InChI=1S/C16H19FN4O2S3/c1-3-21(4-2)14(23)10-25-16-20-19-15(26-16)24-9-13(22)18-12-7-5-6-11(17)8-12/h5-8H,3-4,9-10H2,1-2H3,(H,18,22). The van der Waals surface area contributed by atoms with Gasteiger partial charge in [-0.05, 0) is 32.0 Å². The number of hydrogen-bond donors (Lipinski definition) is 1. The maximum Gasteiger partial charge on any atom is 0.234 e. The van der Waals surface area contributed by atoms with E-state index in [2.05, 4.69) is 15.5 Å². The van der Waals surface area contributed by atoms with Crippen molar-refractivity contribution >= 4 is 52.4 Å². The lowest BCUT2D eigenvalue weighted by atomic mass is 10.3. The zero-order valence-corrected chi connectivity index (χ0v) is 16.8. The highest BCUT2D eigenvalue weighted by Crippen LogP contribution is 2.29. The van der Waals surface area contributed by atoms with E-state index in [1.54, 1.807) is 11.0 Å². The summed E-state index contributed by atoms with van der Waals surface area (Å²) in [4.78, 5) is 25.6. The predicted octanol–water partition coefficient (Wildman–Crippen LogP) is 3.37. The summed E-state index contributed by atoms with van der Waals surface area (Å²) >= 11 is 3.94. The first-order chi connectivity index (χ1) is 12.5. The fourth-order valence-corrected chi connectivity index (χ4v) is 4.72. The van der Waals surface area contributed by atoms with Gasteiger partial charge in [0.05, 0.1) is 11.5 Å². The first-order valence-corrected chi connectivity index (χ1v) is 10.7. The number of aromatic nitrogens is 2. The van der Waals surface area contributed by atoms with Gasteiger partial charge in [-0.25, -0.2) is 4.39 Å². The summed E-state index contributed by atoms with van der Waals surface area (Å²) in [6.07, 6.45) is 0. The van der Waals surface area contributed by atoms with Gasteiger partial charge in [-0.1, -0.05) is 40.9 Å². The molecule has 0 saturated heterocycles. The van der Waals surface area contributed by atoms with Gasteiger partial charge < -0.3 is 10.2 Å². The molecule has 0 aliphatic carbocycles. The quantitative estimate of drug-likeness (QED) is 0.634. The number of nitrogens with one attached hydrogen (secondary N) is 1. The Labute approximate surface area is 164 Å². The van der Waals surface area contributed by atoms with Crippen LogP contribution in [0.15, 0.2) is 32.9 Å². The molecule has 0 saturated carbocycles. The Morgan fingerprint density at radius 3 is 2.42 bits per heavy atom. The van der Waals surface area contributed by atoms with Gasteiger partial charge in [0, 0.05) is 18.8 Å². The van der Waals surface area contributed by atoms with Gasteiger partial charge >= 0.3 is 0 Å². The first kappa shape index (κ1) is 20.7. The molecule has 2 aromatic rings. The number of halogens is 1. The second-order valence-electron chi connectivity index (χ2n) is 5.04. The Kier molecular flexibility index (Phi) is 8.33. The number of thioether (sulfide) groups is 2. The Morgan fingerprint density at radius 1 is 1.15 bits per heavy atom. The van der Waals surface area contributed by atoms with Crippen molar-refractivity contribution in [2.24, 2.45) is 0 Å². The molecule has 1 aromatic heterocycles. The van der Waals surface area contributed by atoms with Gasteiger partial charge in [-0.2, -0.15) is 0 Å². The van der Waals surface area contributed by atoms with Crippen LogP contribution in [0, 0.1) is 5.82 Å². The van der Waals surface area contributed by atoms with Crippen molar-refractivity contribution in [1.29, 1.82) is 0 Å². The molecule has 2 amide bonds. The van der Waals surface area contributed by atoms with E-state index in [1.165, 1.54) is 53.1 Å². The number of carbonyl (C=O) groups excluding carboxylic acids is 2. The Hall–Kier alpha value is -1.65. The lowest BCUT2D eigenvalue weighted by molar-refractivity contribution is -0.128. The fourth-order valence-electron chi connectivity index (χ4n) is 2.00. The van der Waals surface area contributed by atoms with Crippen LogP contribution in [0.2, 0.25) is 0 Å². The zero-order chi connectivity index (χ0) is 18.9. The smallest absolute Gasteiger partial charge is 0.234 e. The minimum Gasteiger partial charge on any atom is -0.343 e. The number of carbonyl (C=O) groups is 2. The molecule has 0 fully saturated rings. The number of nitrogens with zero attached hydrogens (tertiary/aromatic N) is 3. The Bertz CT molecular complexity index is 753. The van der Waals surface area contributed by atoms with Gasteiger partial charge in [-0.3, -0.25) is 9.59 Å². The summed E-state index contributed by atoms with van der Waals surface area (Å²) in [7, 11) is 0. The molecule has 0 bridgehead atoms. The van der Waals surface area contributed by atoms with Crippen LogP contribution >= 0.6 is 34.9 Å². The maximum absolute atomic E-state index is 13.1. The van der Waals surface area contributed by atoms with Gasteiger partial charge in [0.15, 0.2) is 8.68 Å². The molecule has 0 spiro atoms. The third-order valence-corrected chi connectivity index (χ3v) is 6.43. The van der Waals surface area contributed by atoms with Crippen LogP contribution in [0.1, 0.15) is 13.8 Å². The highest BCUT2D eigenvalue weighted by atomic mass is 32.2. The summed E-state index contributed by atoms with van der Waals surface area (Å²) < 4.78 is 14.4. The van der Waals surface area contributed by atoms with Crippen LogP contribution in [0.3, 0.4) is 0 Å². The van der Waals surface area contributed by atoms with Gasteiger partial charge in [-0.15, -0.1) is 10.2 Å². The molecule has 0 atom stereocenters. The molecule has 1 heterocycles. The first-order valence-electron chi connectivity index (χ1n) is 7.94. The minimum absolute atomic E-state index is 0.0684. The summed E-state index contributed by atoms with van der Waals surface area (Å²) in [5, 5.41) is 10.7. The van der Waals surface area contributed by atoms with Crippen LogP contribution in [0.4, 0.5) is 10.1 Å². The molecule has 26 heavy (non-hydrogen) atoms. The van der Waals surface area contributed by atoms with Crippen molar-refractivity contribution in [2.45, 2.75) is 22.5 Å². The van der Waals surface area contributed by atoms with Gasteiger partial charge in [0.2, 0.25) is 11.8 Å². The van der Waals surface area contributed by atoms with Crippen molar-refractivity contribution in [2.75, 3.05) is 29.9 Å². The van der Waals surface area contributed by atoms with E-state index in [9.17, 15) is 14.0 Å². The largest absolute Gasteiger partial charge is 0.343 e. The lowest BCUT2D eigenvalue weighted by Crippen LogP contribution is -2.31. The molecule has 1 N–H and O–H groups in total. The summed E-state index contributed by atoms with van der Waals surface area (Å²) in [6.45, 7) is 5.27. The van der Waals surface area contributed by atoms with E-state index in [-0.39, 0.29) is 17.6 Å². The lowest BCUT2D eigenvalue weighted by Gasteiger charge is -2.17. The van der Waals surface area contributed by atoms with Crippen LogP contribution in [-0.4, -0.2) is 51.5 Å². The molecule has 10 heteroatoms. The van der Waals surface area contributed by atoms with Gasteiger partial charge in [0.1, 0.15) is 5.82 Å². The molecular formula is C16H19FN4O2S3. The number of amides is 2. The normalized spacial score (nSPS) is 10.6. The maximum atomic E-state index is 13.1. The Morgan fingerprint density at radius 2 is 1.81 bits per heavy atom. The van der Waals surface area contributed by atoms with Crippen LogP contribution < -0.4 is 5.32 Å². The SMILES string of the molecule is CCN(CC)C(=O)CSc1nnc(SCC(=O)Nc2cccc(F)c2)s1. The summed E-state index contributed by atoms with van der Waals surface area (Å²) in [6, 6.07) is 5.73. The topological polar surface area (TPSA) is 75.2 Å². The fraction of sp³-hybridized carbons (Fsp3) is 0.375. The number of rotatable bonds is 9. The summed E-state index contributed by atoms with van der Waals surface area (Å²) in [5.41, 5.74) is 0.416. The minimum atomic E-state index is -0.402. The Balaban J connectivity index is 1.77. The predicted molar refractivity (Wildman–Crippen MR) is 104 cm³/mol. The molecule has 0 aliphatic rings. The number of anilines is 1. The van der Waals surface area contributed by atoms with Crippen LogP contribution in [-0.2, 0) is 9.59 Å². The highest BCUT2D eigenvalue weighted by Gasteiger charge is 2.13. The number of hydrogen-bond acceptors (Lipinski definition) is 7. The second-order valence-corrected chi connectivity index (χ2v) is 8.46. The molecule has 6 nitrogen and oxygen atoms in total. The van der Waals surface area contributed by atoms with Crippen molar-refractivity contribution in [3.05, 3.63) is 30.1 Å². The van der Waals surface area contributed by atoms with Crippen molar-refractivity contribution in [3.63, 3.8) is 0 Å².